The van der Waals surface area contributed by atoms with Crippen LogP contribution in [0.5, 0.6) is 0 Å². The Kier molecular flexibility index (Phi) is 29.6. The predicted octanol–water partition coefficient (Wildman–Crippen LogP) is 13.9. The second-order valence-electron chi connectivity index (χ2n) is 14.2. The zero-order valence-electron chi connectivity index (χ0n) is 30.0. The summed E-state index contributed by atoms with van der Waals surface area (Å²) in [4.78, 5) is 20.3. The summed E-state index contributed by atoms with van der Waals surface area (Å²) < 4.78 is 18.4. The zero-order chi connectivity index (χ0) is 32.1. The maximum absolute atomic E-state index is 12.4. The van der Waals surface area contributed by atoms with Gasteiger partial charge in [-0.05, 0) is 31.1 Å². The van der Waals surface area contributed by atoms with Crippen LogP contribution in [0, 0.1) is 11.8 Å². The first kappa shape index (κ1) is 43.1. The standard InChI is InChI=1S/C38H79O4P/c1-6-9-12-15-18-19-20-21-22-23-26-29-32-35-38(42-43(39,40)41,36(4)33-30-27-24-16-13-10-7-2)37(5)34-31-28-25-17-14-11-8-3/h36-37H,6-35H2,1-5H3,(H2,39,40,41). The molecule has 2 N–H and O–H groups in total. The van der Waals surface area contributed by atoms with E-state index in [1.165, 1.54) is 148 Å². The van der Waals surface area contributed by atoms with Crippen molar-refractivity contribution in [3.05, 3.63) is 0 Å². The van der Waals surface area contributed by atoms with Crippen molar-refractivity contribution in [2.24, 2.45) is 11.8 Å². The Morgan fingerprint density at radius 2 is 0.721 bits per heavy atom. The highest BCUT2D eigenvalue weighted by molar-refractivity contribution is 7.46. The third-order valence-corrected chi connectivity index (χ3v) is 10.7. The first-order valence-corrected chi connectivity index (χ1v) is 21.0. The molecule has 0 bridgehead atoms. The average molecular weight is 631 g/mol. The molecule has 4 nitrogen and oxygen atoms in total. The van der Waals surface area contributed by atoms with Crippen molar-refractivity contribution in [3.63, 3.8) is 0 Å². The minimum Gasteiger partial charge on any atom is -0.303 e. The Morgan fingerprint density at radius 3 is 1.00 bits per heavy atom. The molecule has 0 heterocycles. The summed E-state index contributed by atoms with van der Waals surface area (Å²) in [6, 6.07) is 0. The molecule has 0 aromatic carbocycles. The van der Waals surface area contributed by atoms with E-state index in [1.54, 1.807) is 0 Å². The molecule has 0 aliphatic carbocycles. The van der Waals surface area contributed by atoms with Crippen LogP contribution in [0.1, 0.15) is 227 Å². The van der Waals surface area contributed by atoms with Crippen LogP contribution in [-0.4, -0.2) is 15.4 Å². The Hall–Kier alpha value is 0.110. The summed E-state index contributed by atoms with van der Waals surface area (Å²) in [6.07, 6.45) is 37.4. The highest BCUT2D eigenvalue weighted by Gasteiger charge is 2.45. The third-order valence-electron chi connectivity index (χ3n) is 10.1. The molecule has 0 saturated heterocycles. The molecule has 0 fully saturated rings. The second kappa shape index (κ2) is 29.5. The minimum absolute atomic E-state index is 0.146. The van der Waals surface area contributed by atoms with E-state index >= 15 is 0 Å². The van der Waals surface area contributed by atoms with E-state index < -0.39 is 13.4 Å². The fourth-order valence-electron chi connectivity index (χ4n) is 7.15. The van der Waals surface area contributed by atoms with Crippen molar-refractivity contribution in [1.29, 1.82) is 0 Å². The lowest BCUT2D eigenvalue weighted by Gasteiger charge is -2.44. The monoisotopic (exact) mass is 631 g/mol. The quantitative estimate of drug-likeness (QED) is 0.0548. The number of hydrogen-bond donors (Lipinski definition) is 2. The van der Waals surface area contributed by atoms with Crippen LogP contribution in [0.3, 0.4) is 0 Å². The molecular weight excluding hydrogens is 551 g/mol. The van der Waals surface area contributed by atoms with Crippen molar-refractivity contribution in [2.45, 2.75) is 233 Å². The normalized spacial score (nSPS) is 15.0. The Morgan fingerprint density at radius 1 is 0.465 bits per heavy atom. The molecule has 0 saturated carbocycles. The molecule has 5 heteroatoms. The molecule has 0 aliphatic rings. The van der Waals surface area contributed by atoms with Crippen LogP contribution in [0.4, 0.5) is 0 Å². The molecule has 2 unspecified atom stereocenters. The first-order valence-electron chi connectivity index (χ1n) is 19.5. The molecule has 260 valence electrons. The van der Waals surface area contributed by atoms with Gasteiger partial charge in [-0.3, -0.25) is 4.52 Å². The highest BCUT2D eigenvalue weighted by Crippen LogP contribution is 2.51. The fourth-order valence-corrected chi connectivity index (χ4v) is 8.04. The van der Waals surface area contributed by atoms with Gasteiger partial charge in [0.15, 0.2) is 0 Å². The van der Waals surface area contributed by atoms with Crippen molar-refractivity contribution >= 4 is 7.82 Å². The molecule has 0 aromatic heterocycles. The van der Waals surface area contributed by atoms with Gasteiger partial charge in [0.05, 0.1) is 5.60 Å². The molecule has 0 rings (SSSR count). The summed E-state index contributed by atoms with van der Waals surface area (Å²) in [5.41, 5.74) is -0.735. The summed E-state index contributed by atoms with van der Waals surface area (Å²) in [5, 5.41) is 0. The topological polar surface area (TPSA) is 66.8 Å². The van der Waals surface area contributed by atoms with Crippen LogP contribution >= 0.6 is 7.82 Å². The number of phosphoric acid groups is 1. The van der Waals surface area contributed by atoms with E-state index in [0.717, 1.165) is 44.9 Å². The van der Waals surface area contributed by atoms with Gasteiger partial charge in [-0.25, -0.2) is 4.57 Å². The number of unbranched alkanes of at least 4 members (excludes halogenated alkanes) is 24. The number of phosphoric ester groups is 1. The zero-order valence-corrected chi connectivity index (χ0v) is 30.9. The van der Waals surface area contributed by atoms with E-state index in [2.05, 4.69) is 34.6 Å². The average Bonchev–Trinajstić information content (AvgIpc) is 2.97. The lowest BCUT2D eigenvalue weighted by atomic mass is 9.71. The van der Waals surface area contributed by atoms with Gasteiger partial charge < -0.3 is 9.79 Å². The van der Waals surface area contributed by atoms with Crippen LogP contribution in [0.25, 0.3) is 0 Å². The molecule has 0 radical (unpaired) electrons. The van der Waals surface area contributed by atoms with Crippen molar-refractivity contribution in [2.75, 3.05) is 0 Å². The molecule has 0 spiro atoms. The molecule has 0 amide bonds. The summed E-state index contributed by atoms with van der Waals surface area (Å²) in [7, 11) is -4.60. The van der Waals surface area contributed by atoms with Crippen molar-refractivity contribution < 1.29 is 18.9 Å². The fraction of sp³-hybridized carbons (Fsp3) is 1.00. The van der Waals surface area contributed by atoms with Gasteiger partial charge >= 0.3 is 7.82 Å². The van der Waals surface area contributed by atoms with Gasteiger partial charge in [0.2, 0.25) is 0 Å². The van der Waals surface area contributed by atoms with E-state index in [4.69, 9.17) is 4.52 Å². The van der Waals surface area contributed by atoms with Gasteiger partial charge in [0, 0.05) is 0 Å². The molecular formula is C38H79O4P. The predicted molar refractivity (Wildman–Crippen MR) is 190 cm³/mol. The van der Waals surface area contributed by atoms with Crippen LogP contribution in [-0.2, 0) is 9.09 Å². The van der Waals surface area contributed by atoms with Gasteiger partial charge in [-0.1, -0.05) is 208 Å². The number of hydrogen-bond acceptors (Lipinski definition) is 2. The maximum atomic E-state index is 12.4. The molecule has 43 heavy (non-hydrogen) atoms. The maximum Gasteiger partial charge on any atom is 0.470 e. The minimum atomic E-state index is -4.60. The summed E-state index contributed by atoms with van der Waals surface area (Å²) >= 11 is 0. The Bertz CT molecular complexity index is 595. The van der Waals surface area contributed by atoms with E-state index in [0.29, 0.717) is 0 Å². The van der Waals surface area contributed by atoms with E-state index in [9.17, 15) is 14.4 Å². The summed E-state index contributed by atoms with van der Waals surface area (Å²) in [5.74, 6) is 0.292. The summed E-state index contributed by atoms with van der Waals surface area (Å²) in [6.45, 7) is 11.2. The van der Waals surface area contributed by atoms with Crippen LogP contribution in [0.15, 0.2) is 0 Å². The molecule has 0 aromatic rings. The lowest BCUT2D eigenvalue weighted by Crippen LogP contribution is -2.45. The van der Waals surface area contributed by atoms with Gasteiger partial charge in [0.1, 0.15) is 0 Å². The van der Waals surface area contributed by atoms with Crippen LogP contribution < -0.4 is 0 Å². The largest absolute Gasteiger partial charge is 0.470 e. The Balaban J connectivity index is 4.95. The number of rotatable bonds is 34. The van der Waals surface area contributed by atoms with Crippen molar-refractivity contribution in [1.82, 2.24) is 0 Å². The third kappa shape index (κ3) is 24.9. The lowest BCUT2D eigenvalue weighted by molar-refractivity contribution is -0.0673. The Labute approximate surface area is 270 Å². The smallest absolute Gasteiger partial charge is 0.303 e. The molecule has 2 atom stereocenters. The van der Waals surface area contributed by atoms with Gasteiger partial charge in [-0.15, -0.1) is 0 Å². The van der Waals surface area contributed by atoms with Gasteiger partial charge in [0.25, 0.3) is 0 Å². The van der Waals surface area contributed by atoms with Gasteiger partial charge in [-0.2, -0.15) is 0 Å². The molecule has 0 aliphatic heterocycles. The van der Waals surface area contributed by atoms with Crippen LogP contribution in [0.2, 0.25) is 0 Å². The first-order chi connectivity index (χ1) is 20.7. The van der Waals surface area contributed by atoms with Crippen molar-refractivity contribution in [3.8, 4) is 0 Å². The highest BCUT2D eigenvalue weighted by atomic mass is 31.2. The second-order valence-corrected chi connectivity index (χ2v) is 15.3. The van der Waals surface area contributed by atoms with E-state index in [-0.39, 0.29) is 11.8 Å². The van der Waals surface area contributed by atoms with E-state index in [1.807, 2.05) is 0 Å². The SMILES string of the molecule is CCCCCCCCCCCCCCCC(OP(=O)(O)O)(C(C)CCCCCCCCC)C(C)CCCCCCCCC.